The lowest BCUT2D eigenvalue weighted by Crippen LogP contribution is -2.57. The van der Waals surface area contributed by atoms with Gasteiger partial charge in [-0.3, -0.25) is 9.59 Å². The molecule has 5 nitrogen and oxygen atoms in total. The third-order valence-electron chi connectivity index (χ3n) is 3.65. The highest BCUT2D eigenvalue weighted by Gasteiger charge is 2.40. The van der Waals surface area contributed by atoms with Gasteiger partial charge >= 0.3 is 6.18 Å². The van der Waals surface area contributed by atoms with E-state index in [1.165, 1.54) is 6.07 Å². The van der Waals surface area contributed by atoms with Crippen molar-refractivity contribution < 1.29 is 27.9 Å². The predicted octanol–water partition coefficient (Wildman–Crippen LogP) is 1.16. The number of primary amides is 1. The fraction of sp³-hybridized carbons (Fsp3) is 0.429. The number of carbonyl (C=O) groups excluding carboxylic acids is 2. The third-order valence-corrected chi connectivity index (χ3v) is 3.65. The second-order valence-electron chi connectivity index (χ2n) is 5.30. The van der Waals surface area contributed by atoms with Crippen LogP contribution in [0.15, 0.2) is 24.3 Å². The molecule has 0 aromatic heterocycles. The summed E-state index contributed by atoms with van der Waals surface area (Å²) in [4.78, 5) is 24.7. The zero-order chi connectivity index (χ0) is 16.5. The molecule has 0 saturated carbocycles. The van der Waals surface area contributed by atoms with Crippen molar-refractivity contribution in [2.45, 2.75) is 24.6 Å². The van der Waals surface area contributed by atoms with Crippen molar-refractivity contribution in [2.24, 2.45) is 5.73 Å². The van der Waals surface area contributed by atoms with Gasteiger partial charge in [0.15, 0.2) is 5.60 Å². The number of rotatable bonds is 2. The number of β-amino-alcohol motifs (C(OH)–C–C–N with tert-alkyl or cyclic N) is 1. The Hall–Kier alpha value is -2.09. The lowest BCUT2D eigenvalue weighted by Gasteiger charge is -2.37. The van der Waals surface area contributed by atoms with Gasteiger partial charge in [0.05, 0.1) is 12.1 Å². The highest BCUT2D eigenvalue weighted by Crippen LogP contribution is 2.30. The highest BCUT2D eigenvalue weighted by molar-refractivity contribution is 5.95. The monoisotopic (exact) mass is 316 g/mol. The largest absolute Gasteiger partial charge is 0.416 e. The second kappa shape index (κ2) is 5.60. The van der Waals surface area contributed by atoms with E-state index in [1.807, 2.05) is 0 Å². The summed E-state index contributed by atoms with van der Waals surface area (Å²) in [6.45, 7) is -0.0813. The number of alkyl halides is 3. The van der Waals surface area contributed by atoms with Crippen LogP contribution < -0.4 is 5.73 Å². The highest BCUT2D eigenvalue weighted by atomic mass is 19.4. The fourth-order valence-electron chi connectivity index (χ4n) is 2.42. The van der Waals surface area contributed by atoms with Crippen LogP contribution in [0.2, 0.25) is 0 Å². The number of nitrogens with two attached hydrogens (primary N) is 1. The van der Waals surface area contributed by atoms with Crippen LogP contribution in [-0.2, 0) is 11.0 Å². The Morgan fingerprint density at radius 2 is 2.00 bits per heavy atom. The van der Waals surface area contributed by atoms with Crippen LogP contribution in [0.1, 0.15) is 28.8 Å². The zero-order valence-corrected chi connectivity index (χ0v) is 11.6. The molecule has 1 aliphatic rings. The Kier molecular flexibility index (Phi) is 4.15. The number of piperidine rings is 1. The molecule has 2 rings (SSSR count). The summed E-state index contributed by atoms with van der Waals surface area (Å²) in [5.41, 5.74) is 2.19. The average molecular weight is 316 g/mol. The van der Waals surface area contributed by atoms with Crippen LogP contribution >= 0.6 is 0 Å². The number of hydrogen-bond acceptors (Lipinski definition) is 3. The minimum absolute atomic E-state index is 0.120. The summed E-state index contributed by atoms with van der Waals surface area (Å²) in [6.07, 6.45) is -4.09. The molecule has 8 heteroatoms. The average Bonchev–Trinajstić information content (AvgIpc) is 2.45. The van der Waals surface area contributed by atoms with Gasteiger partial charge < -0.3 is 15.7 Å². The lowest BCUT2D eigenvalue weighted by atomic mass is 9.91. The van der Waals surface area contributed by atoms with Gasteiger partial charge in [-0.25, -0.2) is 0 Å². The summed E-state index contributed by atoms with van der Waals surface area (Å²) < 4.78 is 38.0. The molecule has 1 atom stereocenters. The van der Waals surface area contributed by atoms with Gasteiger partial charge in [0, 0.05) is 12.1 Å². The molecule has 0 spiro atoms. The molecule has 1 aromatic carbocycles. The summed E-state index contributed by atoms with van der Waals surface area (Å²) in [7, 11) is 0. The van der Waals surface area contributed by atoms with Crippen molar-refractivity contribution in [2.75, 3.05) is 13.1 Å². The van der Waals surface area contributed by atoms with E-state index in [1.54, 1.807) is 0 Å². The van der Waals surface area contributed by atoms with Crippen LogP contribution in [0.4, 0.5) is 13.2 Å². The van der Waals surface area contributed by atoms with Gasteiger partial charge in [-0.1, -0.05) is 6.07 Å². The second-order valence-corrected chi connectivity index (χ2v) is 5.30. The molecular weight excluding hydrogens is 301 g/mol. The number of carbonyl (C=O) groups is 2. The van der Waals surface area contributed by atoms with Gasteiger partial charge in [-0.05, 0) is 31.0 Å². The summed E-state index contributed by atoms with van der Waals surface area (Å²) >= 11 is 0. The fourth-order valence-corrected chi connectivity index (χ4v) is 2.42. The van der Waals surface area contributed by atoms with Crippen molar-refractivity contribution >= 4 is 11.8 Å². The summed E-state index contributed by atoms with van der Waals surface area (Å²) in [5, 5.41) is 10.1. The molecule has 120 valence electrons. The molecule has 1 aromatic rings. The van der Waals surface area contributed by atoms with Crippen LogP contribution in [0.5, 0.6) is 0 Å². The maximum absolute atomic E-state index is 12.7. The SMILES string of the molecule is NC(=O)C1(O)CCCN(C(=O)c2cccc(C(F)(F)F)c2)C1. The maximum atomic E-state index is 12.7. The van der Waals surface area contributed by atoms with Gasteiger partial charge in [0.25, 0.3) is 11.8 Å². The zero-order valence-electron chi connectivity index (χ0n) is 11.6. The third kappa shape index (κ3) is 3.22. The first-order valence-electron chi connectivity index (χ1n) is 6.62. The first kappa shape index (κ1) is 16.3. The van der Waals surface area contributed by atoms with E-state index in [4.69, 9.17) is 5.73 Å². The van der Waals surface area contributed by atoms with Gasteiger partial charge in [0.2, 0.25) is 0 Å². The van der Waals surface area contributed by atoms with E-state index in [0.29, 0.717) is 6.42 Å². The Morgan fingerprint density at radius 3 is 2.59 bits per heavy atom. The van der Waals surface area contributed by atoms with E-state index in [-0.39, 0.29) is 25.1 Å². The van der Waals surface area contributed by atoms with E-state index in [2.05, 4.69) is 0 Å². The quantitative estimate of drug-likeness (QED) is 0.859. The molecule has 0 bridgehead atoms. The number of likely N-dealkylation sites (tertiary alicyclic amines) is 1. The van der Waals surface area contributed by atoms with Gasteiger partial charge in [0.1, 0.15) is 0 Å². The number of aliphatic hydroxyl groups is 1. The molecule has 1 saturated heterocycles. The Labute approximate surface area is 124 Å². The predicted molar refractivity (Wildman–Crippen MR) is 70.7 cm³/mol. The Bertz CT molecular complexity index is 603. The van der Waals surface area contributed by atoms with Gasteiger partial charge in [-0.2, -0.15) is 13.2 Å². The van der Waals surface area contributed by atoms with Crippen molar-refractivity contribution in [3.63, 3.8) is 0 Å². The normalized spacial score (nSPS) is 22.5. The molecule has 1 aliphatic heterocycles. The number of amides is 2. The molecule has 1 fully saturated rings. The maximum Gasteiger partial charge on any atom is 0.416 e. The van der Waals surface area contributed by atoms with E-state index in [0.717, 1.165) is 23.1 Å². The first-order valence-corrected chi connectivity index (χ1v) is 6.62. The minimum atomic E-state index is -4.55. The van der Waals surface area contributed by atoms with Crippen molar-refractivity contribution in [3.05, 3.63) is 35.4 Å². The van der Waals surface area contributed by atoms with Crippen LogP contribution in [0.25, 0.3) is 0 Å². The van der Waals surface area contributed by atoms with E-state index in [9.17, 15) is 27.9 Å². The number of halogens is 3. The van der Waals surface area contributed by atoms with Gasteiger partial charge in [-0.15, -0.1) is 0 Å². The molecule has 0 aliphatic carbocycles. The standard InChI is InChI=1S/C14H15F3N2O3/c15-14(16,17)10-4-1-3-9(7-10)11(20)19-6-2-5-13(22,8-19)12(18)21/h1,3-4,7,22H,2,5-6,8H2,(H2,18,21). The van der Waals surface area contributed by atoms with Crippen molar-refractivity contribution in [3.8, 4) is 0 Å². The number of hydrogen-bond donors (Lipinski definition) is 2. The molecule has 1 heterocycles. The van der Waals surface area contributed by atoms with Crippen molar-refractivity contribution in [1.29, 1.82) is 0 Å². The first-order chi connectivity index (χ1) is 10.1. The summed E-state index contributed by atoms with van der Waals surface area (Å²) in [6, 6.07) is 4.02. The molecular formula is C14H15F3N2O3. The van der Waals surface area contributed by atoms with Crippen LogP contribution in [-0.4, -0.2) is 40.5 Å². The number of nitrogens with zero attached hydrogens (tertiary/aromatic N) is 1. The smallest absolute Gasteiger partial charge is 0.378 e. The molecule has 2 amide bonds. The molecule has 1 unspecified atom stereocenters. The lowest BCUT2D eigenvalue weighted by molar-refractivity contribution is -0.140. The van der Waals surface area contributed by atoms with Crippen molar-refractivity contribution in [1.82, 2.24) is 4.90 Å². The Balaban J connectivity index is 2.23. The summed E-state index contributed by atoms with van der Waals surface area (Å²) in [5.74, 6) is -1.63. The Morgan fingerprint density at radius 1 is 1.32 bits per heavy atom. The number of benzene rings is 1. The minimum Gasteiger partial charge on any atom is -0.378 e. The molecule has 0 radical (unpaired) electrons. The van der Waals surface area contributed by atoms with E-state index >= 15 is 0 Å². The van der Waals surface area contributed by atoms with Crippen LogP contribution in [0.3, 0.4) is 0 Å². The topological polar surface area (TPSA) is 83.6 Å². The van der Waals surface area contributed by atoms with Crippen LogP contribution in [0, 0.1) is 0 Å². The molecule has 22 heavy (non-hydrogen) atoms. The molecule has 3 N–H and O–H groups in total. The van der Waals surface area contributed by atoms with E-state index < -0.39 is 29.2 Å².